The van der Waals surface area contributed by atoms with Gasteiger partial charge in [0.2, 0.25) is 0 Å². The number of sulfone groups is 1. The van der Waals surface area contributed by atoms with Crippen molar-refractivity contribution in [2.45, 2.75) is 25.3 Å². The van der Waals surface area contributed by atoms with Gasteiger partial charge in [-0.25, -0.2) is 13.4 Å². The summed E-state index contributed by atoms with van der Waals surface area (Å²) in [7, 11) is -3.12. The molecule has 1 fully saturated rings. The van der Waals surface area contributed by atoms with Crippen molar-refractivity contribution in [1.29, 1.82) is 0 Å². The maximum Gasteiger partial charge on any atom is 0.169 e. The van der Waals surface area contributed by atoms with E-state index in [2.05, 4.69) is 24.1 Å². The quantitative estimate of drug-likeness (QED) is 0.887. The van der Waals surface area contributed by atoms with E-state index in [1.807, 2.05) is 17.0 Å². The first-order valence-corrected chi connectivity index (χ1v) is 10.3. The fraction of sp³-hybridized carbons (Fsp3) is 0.643. The van der Waals surface area contributed by atoms with Crippen LogP contribution in [0.2, 0.25) is 0 Å². The molecule has 1 aromatic heterocycles. The second-order valence-corrected chi connectivity index (χ2v) is 8.63. The van der Waals surface area contributed by atoms with Crippen LogP contribution < -0.4 is 10.2 Å². The van der Waals surface area contributed by atoms with Gasteiger partial charge in [0.05, 0.1) is 0 Å². The molecule has 7 heteroatoms. The molecule has 118 valence electrons. The molecule has 1 aliphatic rings. The van der Waals surface area contributed by atoms with Gasteiger partial charge >= 0.3 is 0 Å². The van der Waals surface area contributed by atoms with E-state index in [-0.39, 0.29) is 6.04 Å². The van der Waals surface area contributed by atoms with Crippen LogP contribution in [0.5, 0.6) is 0 Å². The van der Waals surface area contributed by atoms with Crippen molar-refractivity contribution in [3.8, 4) is 0 Å². The van der Waals surface area contributed by atoms with Crippen LogP contribution in [0.4, 0.5) is 5.82 Å². The largest absolute Gasteiger partial charge is 0.338 e. The third-order valence-electron chi connectivity index (χ3n) is 3.65. The number of thioether (sulfide) groups is 1. The molecule has 1 N–H and O–H groups in total. The van der Waals surface area contributed by atoms with Gasteiger partial charge in [0.25, 0.3) is 0 Å². The van der Waals surface area contributed by atoms with Crippen LogP contribution in [0.1, 0.15) is 25.5 Å². The Kier molecular flexibility index (Phi) is 5.51. The van der Waals surface area contributed by atoms with Gasteiger partial charge < -0.3 is 10.2 Å². The topological polar surface area (TPSA) is 62.3 Å². The smallest absolute Gasteiger partial charge is 0.169 e. The molecular weight excluding hydrogens is 306 g/mol. The van der Waals surface area contributed by atoms with Crippen LogP contribution in [-0.4, -0.2) is 49.6 Å². The van der Waals surface area contributed by atoms with Gasteiger partial charge in [0.15, 0.2) is 9.84 Å². The summed E-state index contributed by atoms with van der Waals surface area (Å²) in [6.07, 6.45) is 3.07. The Balaban J connectivity index is 2.29. The average Bonchev–Trinajstić information content (AvgIpc) is 2.47. The third-order valence-corrected chi connectivity index (χ3v) is 6.30. The molecule has 2 heterocycles. The lowest BCUT2D eigenvalue weighted by atomic mass is 10.1. The highest BCUT2D eigenvalue weighted by atomic mass is 32.2. The van der Waals surface area contributed by atoms with Gasteiger partial charge in [-0.3, -0.25) is 0 Å². The summed E-state index contributed by atoms with van der Waals surface area (Å²) in [6, 6.07) is 4.21. The first-order valence-electron chi connectivity index (χ1n) is 7.16. The summed E-state index contributed by atoms with van der Waals surface area (Å²) >= 11 is 1.69. The lowest BCUT2D eigenvalue weighted by Gasteiger charge is -2.35. The zero-order chi connectivity index (χ0) is 15.5. The van der Waals surface area contributed by atoms with E-state index < -0.39 is 15.2 Å². The molecule has 21 heavy (non-hydrogen) atoms. The minimum absolute atomic E-state index is 0.229. The monoisotopic (exact) mass is 329 g/mol. The number of nitrogens with zero attached hydrogens (tertiary/aromatic N) is 2. The Labute approximate surface area is 131 Å². The number of anilines is 1. The maximum atomic E-state index is 12.0. The summed E-state index contributed by atoms with van der Waals surface area (Å²) in [6.45, 7) is 5.78. The number of hydrogen-bond acceptors (Lipinski definition) is 6. The minimum atomic E-state index is -3.12. The maximum absolute atomic E-state index is 12.0. The molecule has 2 atom stereocenters. The highest BCUT2D eigenvalue weighted by molar-refractivity contribution is 8.01. The van der Waals surface area contributed by atoms with Crippen LogP contribution in [0.25, 0.3) is 0 Å². The van der Waals surface area contributed by atoms with E-state index in [0.717, 1.165) is 23.7 Å². The fourth-order valence-electron chi connectivity index (χ4n) is 2.48. The standard InChI is InChI=1S/C14H23N3O2S2/c1-4-15-11(2)12-5-6-16-13(9-12)17-7-8-20-10-14(17)21(3,18)19/h5-6,9,11,14-15H,4,7-8,10H2,1-3H3. The van der Waals surface area contributed by atoms with E-state index in [1.165, 1.54) is 6.26 Å². The molecule has 1 saturated heterocycles. The normalized spacial score (nSPS) is 21.3. The van der Waals surface area contributed by atoms with Crippen molar-refractivity contribution in [1.82, 2.24) is 10.3 Å². The number of nitrogens with one attached hydrogen (secondary N) is 1. The average molecular weight is 329 g/mol. The van der Waals surface area contributed by atoms with Crippen molar-refractivity contribution in [2.24, 2.45) is 0 Å². The van der Waals surface area contributed by atoms with Crippen molar-refractivity contribution >= 4 is 27.4 Å². The Hall–Kier alpha value is -0.790. The Morgan fingerprint density at radius 2 is 2.33 bits per heavy atom. The molecule has 2 unspecified atom stereocenters. The molecule has 0 aromatic carbocycles. The second kappa shape index (κ2) is 6.98. The number of pyridine rings is 1. The van der Waals surface area contributed by atoms with E-state index in [0.29, 0.717) is 12.3 Å². The molecule has 0 saturated carbocycles. The fourth-order valence-corrected chi connectivity index (χ4v) is 5.31. The molecule has 5 nitrogen and oxygen atoms in total. The molecule has 0 aliphatic carbocycles. The van der Waals surface area contributed by atoms with Crippen LogP contribution in [0.15, 0.2) is 18.3 Å². The van der Waals surface area contributed by atoms with Crippen molar-refractivity contribution in [2.75, 3.05) is 35.8 Å². The van der Waals surface area contributed by atoms with Crippen molar-refractivity contribution in [3.05, 3.63) is 23.9 Å². The van der Waals surface area contributed by atoms with Crippen LogP contribution in [0, 0.1) is 0 Å². The Morgan fingerprint density at radius 1 is 1.57 bits per heavy atom. The van der Waals surface area contributed by atoms with Crippen LogP contribution in [0.3, 0.4) is 0 Å². The molecule has 0 amide bonds. The van der Waals surface area contributed by atoms with Gasteiger partial charge in [-0.1, -0.05) is 6.92 Å². The van der Waals surface area contributed by atoms with Gasteiger partial charge in [-0.05, 0) is 31.2 Å². The van der Waals surface area contributed by atoms with E-state index in [1.54, 1.807) is 18.0 Å². The van der Waals surface area contributed by atoms with Gasteiger partial charge in [0, 0.05) is 36.5 Å². The van der Waals surface area contributed by atoms with Gasteiger partial charge in [-0.15, -0.1) is 0 Å². The molecule has 0 spiro atoms. The lowest BCUT2D eigenvalue weighted by Crippen LogP contribution is -2.47. The molecule has 1 aromatic rings. The number of rotatable bonds is 5. The predicted molar refractivity (Wildman–Crippen MR) is 89.6 cm³/mol. The highest BCUT2D eigenvalue weighted by Gasteiger charge is 2.32. The summed E-state index contributed by atoms with van der Waals surface area (Å²) in [4.78, 5) is 6.32. The van der Waals surface area contributed by atoms with Gasteiger partial charge in [0.1, 0.15) is 11.2 Å². The van der Waals surface area contributed by atoms with Gasteiger partial charge in [-0.2, -0.15) is 11.8 Å². The first-order chi connectivity index (χ1) is 9.93. The molecule has 0 bridgehead atoms. The number of hydrogen-bond donors (Lipinski definition) is 1. The number of aromatic nitrogens is 1. The second-order valence-electron chi connectivity index (χ2n) is 5.28. The summed E-state index contributed by atoms with van der Waals surface area (Å²) in [5.41, 5.74) is 1.13. The van der Waals surface area contributed by atoms with Crippen molar-refractivity contribution < 1.29 is 8.42 Å². The lowest BCUT2D eigenvalue weighted by molar-refractivity contribution is 0.582. The molecular formula is C14H23N3O2S2. The van der Waals surface area contributed by atoms with E-state index in [4.69, 9.17) is 0 Å². The zero-order valence-electron chi connectivity index (χ0n) is 12.7. The Morgan fingerprint density at radius 3 is 3.00 bits per heavy atom. The molecule has 2 rings (SSSR count). The molecule has 0 radical (unpaired) electrons. The SMILES string of the molecule is CCNC(C)c1ccnc(N2CCSCC2S(C)(=O)=O)c1. The third kappa shape index (κ3) is 4.11. The van der Waals surface area contributed by atoms with Crippen LogP contribution in [-0.2, 0) is 9.84 Å². The zero-order valence-corrected chi connectivity index (χ0v) is 14.4. The molecule has 1 aliphatic heterocycles. The first kappa shape index (κ1) is 16.6. The summed E-state index contributed by atoms with van der Waals surface area (Å²) in [5, 5.41) is 2.89. The summed E-state index contributed by atoms with van der Waals surface area (Å²) < 4.78 is 24.0. The van der Waals surface area contributed by atoms with Crippen molar-refractivity contribution in [3.63, 3.8) is 0 Å². The minimum Gasteiger partial charge on any atom is -0.338 e. The predicted octanol–water partition coefficient (Wildman–Crippen LogP) is 1.68. The summed E-state index contributed by atoms with van der Waals surface area (Å²) in [5.74, 6) is 2.29. The Bertz CT molecular complexity index is 577. The van der Waals surface area contributed by atoms with Crippen LogP contribution >= 0.6 is 11.8 Å². The van der Waals surface area contributed by atoms with E-state index in [9.17, 15) is 8.42 Å². The highest BCUT2D eigenvalue weighted by Crippen LogP contribution is 2.27. The van der Waals surface area contributed by atoms with E-state index >= 15 is 0 Å².